The molecule has 0 bridgehead atoms. The Hall–Kier alpha value is -2.88. The van der Waals surface area contributed by atoms with Crippen molar-refractivity contribution >= 4 is 52.1 Å². The first-order chi connectivity index (χ1) is 13.8. The summed E-state index contributed by atoms with van der Waals surface area (Å²) >= 11 is 11.9. The maximum Gasteiger partial charge on any atom is 0.337 e. The van der Waals surface area contributed by atoms with E-state index in [-0.39, 0.29) is 32.5 Å². The van der Waals surface area contributed by atoms with Crippen LogP contribution in [0.3, 0.4) is 0 Å². The van der Waals surface area contributed by atoms with Gasteiger partial charge in [-0.25, -0.2) is 4.79 Å². The molecule has 0 unspecified atom stereocenters. The number of hydrogen-bond acceptors (Lipinski definition) is 6. The monoisotopic (exact) mass is 439 g/mol. The predicted molar refractivity (Wildman–Crippen MR) is 108 cm³/mol. The van der Waals surface area contributed by atoms with E-state index < -0.39 is 16.8 Å². The number of benzene rings is 2. The van der Waals surface area contributed by atoms with E-state index in [0.29, 0.717) is 32.0 Å². The highest BCUT2D eigenvalue weighted by atomic mass is 35.5. The Morgan fingerprint density at radius 3 is 2.45 bits per heavy atom. The van der Waals surface area contributed by atoms with Crippen LogP contribution in [0.5, 0.6) is 0 Å². The lowest BCUT2D eigenvalue weighted by molar-refractivity contribution is -0.384. The molecule has 152 valence electrons. The third-order valence-electron chi connectivity index (χ3n) is 4.32. The summed E-state index contributed by atoms with van der Waals surface area (Å²) in [6.07, 6.45) is 0. The van der Waals surface area contributed by atoms with Crippen molar-refractivity contribution in [2.24, 2.45) is 0 Å². The second kappa shape index (κ2) is 8.64. The van der Waals surface area contributed by atoms with E-state index in [0.717, 1.165) is 6.07 Å². The number of aromatic carboxylic acids is 1. The number of halogens is 2. The minimum absolute atomic E-state index is 0.0246. The topological polar surface area (TPSA) is 122 Å². The highest BCUT2D eigenvalue weighted by Crippen LogP contribution is 2.32. The highest BCUT2D eigenvalue weighted by molar-refractivity contribution is 6.38. The third-order valence-corrected chi connectivity index (χ3v) is 4.95. The Balaban J connectivity index is 1.90. The van der Waals surface area contributed by atoms with Gasteiger partial charge < -0.3 is 20.1 Å². The Morgan fingerprint density at radius 2 is 1.83 bits per heavy atom. The average molecular weight is 440 g/mol. The maximum absolute atomic E-state index is 12.6. The molecule has 2 aromatic carbocycles. The van der Waals surface area contributed by atoms with Gasteiger partial charge in [0.1, 0.15) is 5.69 Å². The molecule has 0 spiro atoms. The molecule has 29 heavy (non-hydrogen) atoms. The molecule has 3 rings (SSSR count). The lowest BCUT2D eigenvalue weighted by Gasteiger charge is -2.28. The van der Waals surface area contributed by atoms with E-state index in [1.54, 1.807) is 0 Å². The summed E-state index contributed by atoms with van der Waals surface area (Å²) < 4.78 is 5.26. The van der Waals surface area contributed by atoms with Crippen LogP contribution < -0.4 is 10.2 Å². The molecular formula is C18H15Cl2N3O6. The zero-order chi connectivity index (χ0) is 21.1. The van der Waals surface area contributed by atoms with Gasteiger partial charge in [-0.1, -0.05) is 23.2 Å². The van der Waals surface area contributed by atoms with Crippen LogP contribution in [0.25, 0.3) is 0 Å². The zero-order valence-electron chi connectivity index (χ0n) is 14.9. The van der Waals surface area contributed by atoms with Crippen molar-refractivity contribution in [1.29, 1.82) is 0 Å². The van der Waals surface area contributed by atoms with Crippen molar-refractivity contribution in [3.63, 3.8) is 0 Å². The number of ether oxygens (including phenoxy) is 1. The fraction of sp³-hybridized carbons (Fsp3) is 0.222. The van der Waals surface area contributed by atoms with Gasteiger partial charge in [0.25, 0.3) is 11.6 Å². The maximum atomic E-state index is 12.6. The van der Waals surface area contributed by atoms with Gasteiger partial charge in [-0.2, -0.15) is 0 Å². The summed E-state index contributed by atoms with van der Waals surface area (Å²) in [5, 5.41) is 23.1. The standard InChI is InChI=1S/C18H15Cl2N3O6/c19-12-9-13(20)14(8-11(12)18(25)26)21-17(24)10-1-2-15(16(7-10)23(27)28)22-3-5-29-6-4-22/h1-2,7-9H,3-6H2,(H,21,24)(H,25,26). The Labute approximate surface area is 174 Å². The van der Waals surface area contributed by atoms with Crippen LogP contribution in [-0.2, 0) is 4.74 Å². The van der Waals surface area contributed by atoms with Crippen molar-refractivity contribution in [3.05, 3.63) is 61.6 Å². The smallest absolute Gasteiger partial charge is 0.337 e. The molecule has 1 aliphatic rings. The van der Waals surface area contributed by atoms with Crippen molar-refractivity contribution in [3.8, 4) is 0 Å². The zero-order valence-corrected chi connectivity index (χ0v) is 16.4. The number of carbonyl (C=O) groups is 2. The predicted octanol–water partition coefficient (Wildman–Crippen LogP) is 3.69. The largest absolute Gasteiger partial charge is 0.478 e. The number of hydrogen-bond donors (Lipinski definition) is 2. The van der Waals surface area contributed by atoms with Gasteiger partial charge in [0, 0.05) is 24.7 Å². The van der Waals surface area contributed by atoms with E-state index in [9.17, 15) is 19.7 Å². The summed E-state index contributed by atoms with van der Waals surface area (Å²) in [6.45, 7) is 1.93. The fourth-order valence-electron chi connectivity index (χ4n) is 2.89. The number of amides is 1. The first-order valence-electron chi connectivity index (χ1n) is 8.42. The number of rotatable bonds is 5. The number of nitro benzene ring substituents is 1. The molecule has 2 N–H and O–H groups in total. The van der Waals surface area contributed by atoms with Gasteiger partial charge in [0.05, 0.1) is 39.4 Å². The first-order valence-corrected chi connectivity index (χ1v) is 9.18. The van der Waals surface area contributed by atoms with Gasteiger partial charge in [-0.05, 0) is 24.3 Å². The number of nitrogens with zero attached hydrogens (tertiary/aromatic N) is 2. The minimum atomic E-state index is -1.28. The lowest BCUT2D eigenvalue weighted by Crippen LogP contribution is -2.36. The van der Waals surface area contributed by atoms with Gasteiger partial charge >= 0.3 is 5.97 Å². The van der Waals surface area contributed by atoms with Crippen LogP contribution in [0.1, 0.15) is 20.7 Å². The Bertz CT molecular complexity index is 992. The van der Waals surface area contributed by atoms with E-state index in [1.807, 2.05) is 4.90 Å². The highest BCUT2D eigenvalue weighted by Gasteiger charge is 2.24. The van der Waals surface area contributed by atoms with Crippen molar-refractivity contribution in [2.75, 3.05) is 36.5 Å². The van der Waals surface area contributed by atoms with Gasteiger partial charge in [0.15, 0.2) is 0 Å². The molecule has 11 heteroatoms. The summed E-state index contributed by atoms with van der Waals surface area (Å²) in [5.41, 5.74) is -0.00416. The van der Waals surface area contributed by atoms with E-state index in [4.69, 9.17) is 33.0 Å². The molecule has 0 aromatic heterocycles. The fourth-order valence-corrected chi connectivity index (χ4v) is 3.40. The molecule has 0 radical (unpaired) electrons. The van der Waals surface area contributed by atoms with E-state index >= 15 is 0 Å². The van der Waals surface area contributed by atoms with Crippen molar-refractivity contribution in [1.82, 2.24) is 0 Å². The molecule has 1 amide bonds. The first kappa shape index (κ1) is 20.8. The molecule has 0 atom stereocenters. The third kappa shape index (κ3) is 4.58. The molecule has 1 fully saturated rings. The number of nitro groups is 1. The summed E-state index contributed by atoms with van der Waals surface area (Å²) in [4.78, 5) is 36.6. The molecule has 1 aliphatic heterocycles. The SMILES string of the molecule is O=C(Nc1cc(C(=O)O)c(Cl)cc1Cl)c1ccc(N2CCOCC2)c([N+](=O)[O-])c1. The number of anilines is 2. The van der Waals surface area contributed by atoms with Crippen LogP contribution >= 0.6 is 23.2 Å². The molecule has 0 saturated carbocycles. The number of morpholine rings is 1. The molecule has 9 nitrogen and oxygen atoms in total. The van der Waals surface area contributed by atoms with Crippen LogP contribution in [-0.4, -0.2) is 48.2 Å². The second-order valence-electron chi connectivity index (χ2n) is 6.13. The Morgan fingerprint density at radius 1 is 1.14 bits per heavy atom. The number of carbonyl (C=O) groups excluding carboxylic acids is 1. The Kier molecular flexibility index (Phi) is 6.21. The van der Waals surface area contributed by atoms with Crippen molar-refractivity contribution < 1.29 is 24.4 Å². The van der Waals surface area contributed by atoms with Crippen molar-refractivity contribution in [2.45, 2.75) is 0 Å². The van der Waals surface area contributed by atoms with Crippen LogP contribution in [0, 0.1) is 10.1 Å². The van der Waals surface area contributed by atoms with Gasteiger partial charge in [-0.3, -0.25) is 14.9 Å². The van der Waals surface area contributed by atoms with Gasteiger partial charge in [0.2, 0.25) is 0 Å². The van der Waals surface area contributed by atoms with Crippen LogP contribution in [0.4, 0.5) is 17.1 Å². The van der Waals surface area contributed by atoms with E-state index in [1.165, 1.54) is 24.3 Å². The lowest BCUT2D eigenvalue weighted by atomic mass is 10.1. The quantitative estimate of drug-likeness (QED) is 0.537. The summed E-state index contributed by atoms with van der Waals surface area (Å²) in [7, 11) is 0. The van der Waals surface area contributed by atoms with Crippen LogP contribution in [0.2, 0.25) is 10.0 Å². The molecule has 0 aliphatic carbocycles. The van der Waals surface area contributed by atoms with E-state index in [2.05, 4.69) is 5.32 Å². The number of carboxylic acids is 1. The summed E-state index contributed by atoms with van der Waals surface area (Å²) in [5.74, 6) is -1.96. The molecule has 1 saturated heterocycles. The number of nitrogens with one attached hydrogen (secondary N) is 1. The van der Waals surface area contributed by atoms with Crippen LogP contribution in [0.15, 0.2) is 30.3 Å². The summed E-state index contributed by atoms with van der Waals surface area (Å²) in [6, 6.07) is 6.45. The minimum Gasteiger partial charge on any atom is -0.478 e. The molecule has 2 aromatic rings. The second-order valence-corrected chi connectivity index (χ2v) is 6.95. The molecular weight excluding hydrogens is 425 g/mol. The molecule has 1 heterocycles. The van der Waals surface area contributed by atoms with Gasteiger partial charge in [-0.15, -0.1) is 0 Å². The average Bonchev–Trinajstić information content (AvgIpc) is 2.69. The number of carboxylic acid groups (broad SMARTS) is 1. The normalized spacial score (nSPS) is 13.8.